The molecule has 76 valence electrons. The number of amides is 1. The van der Waals surface area contributed by atoms with Gasteiger partial charge in [0.2, 0.25) is 5.91 Å². The predicted molar refractivity (Wildman–Crippen MR) is 53.6 cm³/mol. The van der Waals surface area contributed by atoms with Gasteiger partial charge < -0.3 is 16.6 Å². The van der Waals surface area contributed by atoms with Crippen molar-refractivity contribution in [1.29, 1.82) is 0 Å². The van der Waals surface area contributed by atoms with Gasteiger partial charge in [0.05, 0.1) is 6.10 Å². The summed E-state index contributed by atoms with van der Waals surface area (Å²) in [5.74, 6) is -0.555. The lowest BCUT2D eigenvalue weighted by Gasteiger charge is -2.16. The van der Waals surface area contributed by atoms with Gasteiger partial charge in [-0.15, -0.1) is 0 Å². The average molecular weight is 194 g/mol. The monoisotopic (exact) mass is 194 g/mol. The molecule has 1 aromatic carbocycles. The van der Waals surface area contributed by atoms with Crippen molar-refractivity contribution in [1.82, 2.24) is 0 Å². The van der Waals surface area contributed by atoms with E-state index >= 15 is 0 Å². The Morgan fingerprint density at radius 2 is 2.00 bits per heavy atom. The second-order valence-electron chi connectivity index (χ2n) is 3.26. The third-order valence-corrected chi connectivity index (χ3v) is 2.04. The number of aliphatic hydroxyl groups excluding tert-OH is 1. The van der Waals surface area contributed by atoms with Gasteiger partial charge in [-0.1, -0.05) is 18.2 Å². The maximum absolute atomic E-state index is 11.0. The van der Waals surface area contributed by atoms with Gasteiger partial charge in [-0.3, -0.25) is 4.79 Å². The van der Waals surface area contributed by atoms with Crippen molar-refractivity contribution in [2.24, 2.45) is 11.5 Å². The highest BCUT2D eigenvalue weighted by Gasteiger charge is 2.17. The number of primary amides is 1. The van der Waals surface area contributed by atoms with Crippen LogP contribution in [0.1, 0.15) is 28.9 Å². The Morgan fingerprint density at radius 3 is 2.50 bits per heavy atom. The van der Waals surface area contributed by atoms with Gasteiger partial charge in [0, 0.05) is 11.6 Å². The molecule has 4 heteroatoms. The first kappa shape index (κ1) is 10.7. The van der Waals surface area contributed by atoms with E-state index in [0.717, 1.165) is 0 Å². The molecule has 0 bridgehead atoms. The van der Waals surface area contributed by atoms with Crippen molar-refractivity contribution in [2.75, 3.05) is 0 Å². The van der Waals surface area contributed by atoms with Crippen molar-refractivity contribution in [3.8, 4) is 0 Å². The fraction of sp³-hybridized carbons (Fsp3) is 0.300. The maximum atomic E-state index is 11.0. The summed E-state index contributed by atoms with van der Waals surface area (Å²) in [6, 6.07) is 6.21. The van der Waals surface area contributed by atoms with Gasteiger partial charge in [-0.25, -0.2) is 0 Å². The van der Waals surface area contributed by atoms with E-state index in [0.29, 0.717) is 11.1 Å². The lowest BCUT2D eigenvalue weighted by Crippen LogP contribution is -2.27. The Morgan fingerprint density at radius 1 is 1.43 bits per heavy atom. The van der Waals surface area contributed by atoms with E-state index in [-0.39, 0.29) is 0 Å². The van der Waals surface area contributed by atoms with Crippen LogP contribution in [0.5, 0.6) is 0 Å². The molecule has 0 aromatic heterocycles. The Hall–Kier alpha value is -1.39. The molecule has 0 saturated heterocycles. The third kappa shape index (κ3) is 2.10. The topological polar surface area (TPSA) is 89.3 Å². The second-order valence-corrected chi connectivity index (χ2v) is 3.26. The van der Waals surface area contributed by atoms with Gasteiger partial charge in [0.15, 0.2) is 0 Å². The second kappa shape index (κ2) is 4.21. The molecule has 14 heavy (non-hydrogen) atoms. The van der Waals surface area contributed by atoms with E-state index in [1.54, 1.807) is 31.2 Å². The summed E-state index contributed by atoms with van der Waals surface area (Å²) in [4.78, 5) is 11.0. The molecule has 0 saturated carbocycles. The number of carbonyl (C=O) groups excluding carboxylic acids is 1. The fourth-order valence-electron chi connectivity index (χ4n) is 1.26. The zero-order valence-corrected chi connectivity index (χ0v) is 7.97. The molecule has 4 nitrogen and oxygen atoms in total. The van der Waals surface area contributed by atoms with Gasteiger partial charge in [0.25, 0.3) is 0 Å². The number of rotatable bonds is 3. The molecule has 0 aliphatic carbocycles. The standard InChI is InChI=1S/C10H14N2O2/c1-6(11)9(13)7-4-2-3-5-8(7)10(12)14/h2-6,9,13H,11H2,1H3,(H2,12,14)/t6-,9?/m0/s1. The Kier molecular flexibility index (Phi) is 3.22. The SMILES string of the molecule is C[C@H](N)C(O)c1ccccc1C(N)=O. The average Bonchev–Trinajstić information content (AvgIpc) is 2.16. The van der Waals surface area contributed by atoms with Crippen LogP contribution < -0.4 is 11.5 Å². The molecule has 0 spiro atoms. The minimum Gasteiger partial charge on any atom is -0.387 e. The minimum absolute atomic E-state index is 0.317. The van der Waals surface area contributed by atoms with E-state index in [2.05, 4.69) is 0 Å². The van der Waals surface area contributed by atoms with Crippen molar-refractivity contribution >= 4 is 5.91 Å². The summed E-state index contributed by atoms with van der Waals surface area (Å²) in [7, 11) is 0. The van der Waals surface area contributed by atoms with Crippen molar-refractivity contribution in [3.05, 3.63) is 35.4 Å². The minimum atomic E-state index is -0.862. The first-order valence-electron chi connectivity index (χ1n) is 4.36. The molecule has 1 amide bonds. The van der Waals surface area contributed by atoms with Crippen molar-refractivity contribution in [2.45, 2.75) is 19.1 Å². The van der Waals surface area contributed by atoms with Crippen LogP contribution in [0.3, 0.4) is 0 Å². The Labute approximate surface area is 82.5 Å². The lowest BCUT2D eigenvalue weighted by atomic mass is 9.98. The molecule has 1 unspecified atom stereocenters. The van der Waals surface area contributed by atoms with E-state index in [1.165, 1.54) is 0 Å². The summed E-state index contributed by atoms with van der Waals surface area (Å²) in [6.45, 7) is 1.67. The smallest absolute Gasteiger partial charge is 0.249 e. The molecular weight excluding hydrogens is 180 g/mol. The van der Waals surface area contributed by atoms with E-state index in [4.69, 9.17) is 11.5 Å². The van der Waals surface area contributed by atoms with Crippen LogP contribution in [-0.4, -0.2) is 17.1 Å². The lowest BCUT2D eigenvalue weighted by molar-refractivity contribution is 0.0989. The van der Waals surface area contributed by atoms with Gasteiger partial charge in [-0.2, -0.15) is 0 Å². The highest BCUT2D eigenvalue weighted by atomic mass is 16.3. The summed E-state index contributed by atoms with van der Waals surface area (Å²) in [5.41, 5.74) is 11.5. The Bertz CT molecular complexity index is 337. The molecule has 0 heterocycles. The zero-order chi connectivity index (χ0) is 10.7. The van der Waals surface area contributed by atoms with Crippen LogP contribution >= 0.6 is 0 Å². The number of carbonyl (C=O) groups is 1. The molecule has 0 fully saturated rings. The van der Waals surface area contributed by atoms with Crippen molar-refractivity contribution < 1.29 is 9.90 Å². The van der Waals surface area contributed by atoms with Gasteiger partial charge in [0.1, 0.15) is 0 Å². The van der Waals surface area contributed by atoms with Crippen LogP contribution in [-0.2, 0) is 0 Å². The molecule has 0 aliphatic rings. The third-order valence-electron chi connectivity index (χ3n) is 2.04. The van der Waals surface area contributed by atoms with Crippen LogP contribution in [0.25, 0.3) is 0 Å². The summed E-state index contributed by atoms with van der Waals surface area (Å²) >= 11 is 0. The molecule has 0 aliphatic heterocycles. The molecule has 2 atom stereocenters. The zero-order valence-electron chi connectivity index (χ0n) is 7.97. The van der Waals surface area contributed by atoms with Crippen LogP contribution in [0.2, 0.25) is 0 Å². The number of hydrogen-bond acceptors (Lipinski definition) is 3. The molecule has 1 rings (SSSR count). The van der Waals surface area contributed by atoms with Gasteiger partial charge >= 0.3 is 0 Å². The van der Waals surface area contributed by atoms with Crippen LogP contribution in [0, 0.1) is 0 Å². The fourth-order valence-corrected chi connectivity index (χ4v) is 1.26. The van der Waals surface area contributed by atoms with Gasteiger partial charge in [-0.05, 0) is 18.6 Å². The van der Waals surface area contributed by atoms with E-state index in [1.807, 2.05) is 0 Å². The first-order valence-corrected chi connectivity index (χ1v) is 4.36. The first-order chi connectivity index (χ1) is 6.54. The Balaban J connectivity index is 3.13. The highest BCUT2D eigenvalue weighted by Crippen LogP contribution is 2.19. The summed E-state index contributed by atoms with van der Waals surface area (Å²) < 4.78 is 0. The normalized spacial score (nSPS) is 14.8. The number of aliphatic hydroxyl groups is 1. The number of nitrogens with two attached hydrogens (primary N) is 2. The van der Waals surface area contributed by atoms with E-state index < -0.39 is 18.1 Å². The van der Waals surface area contributed by atoms with Crippen LogP contribution in [0.4, 0.5) is 0 Å². The summed E-state index contributed by atoms with van der Waals surface area (Å²) in [5, 5.41) is 9.69. The van der Waals surface area contributed by atoms with Crippen LogP contribution in [0.15, 0.2) is 24.3 Å². The molecule has 0 radical (unpaired) electrons. The van der Waals surface area contributed by atoms with E-state index in [9.17, 15) is 9.90 Å². The predicted octanol–water partition coefficient (Wildman–Crippen LogP) is 0.166. The highest BCUT2D eigenvalue weighted by molar-refractivity contribution is 5.94. The largest absolute Gasteiger partial charge is 0.387 e. The number of benzene rings is 1. The summed E-state index contributed by atoms with van der Waals surface area (Å²) in [6.07, 6.45) is -0.862. The molecule has 5 N–H and O–H groups in total. The molecular formula is C10H14N2O2. The quantitative estimate of drug-likeness (QED) is 0.640. The maximum Gasteiger partial charge on any atom is 0.249 e. The number of hydrogen-bond donors (Lipinski definition) is 3. The van der Waals surface area contributed by atoms with Crippen molar-refractivity contribution in [3.63, 3.8) is 0 Å². The molecule has 1 aromatic rings.